The van der Waals surface area contributed by atoms with Gasteiger partial charge in [-0.3, -0.25) is 10.1 Å². The van der Waals surface area contributed by atoms with Crippen LogP contribution in [-0.4, -0.2) is 32.7 Å². The van der Waals surface area contributed by atoms with Gasteiger partial charge in [0.2, 0.25) is 0 Å². The van der Waals surface area contributed by atoms with Gasteiger partial charge >= 0.3 is 6.18 Å². The molecular formula is C27H29F3N2O4S. The largest absolute Gasteiger partial charge is 0.456 e. The molecule has 10 heteroatoms. The Morgan fingerprint density at radius 3 is 2.30 bits per heavy atom. The van der Waals surface area contributed by atoms with Crippen LogP contribution in [0.1, 0.15) is 57.6 Å². The highest BCUT2D eigenvalue weighted by Gasteiger charge is 2.45. The second-order valence-electron chi connectivity index (χ2n) is 10.5. The van der Waals surface area contributed by atoms with E-state index in [2.05, 4.69) is 11.4 Å². The number of hydrogen-bond donors (Lipinski definition) is 1. The number of carbonyl (C=O) groups excluding carboxylic acids is 1. The van der Waals surface area contributed by atoms with Gasteiger partial charge in [0.15, 0.2) is 9.84 Å². The van der Waals surface area contributed by atoms with Crippen molar-refractivity contribution in [3.63, 3.8) is 0 Å². The Bertz CT molecular complexity index is 1480. The molecule has 1 aliphatic rings. The first-order chi connectivity index (χ1) is 17.2. The lowest BCUT2D eigenvalue weighted by molar-refractivity contribution is -0.161. The van der Waals surface area contributed by atoms with E-state index in [1.54, 1.807) is 6.07 Å². The second kappa shape index (κ2) is 9.76. The number of alkyl halides is 3. The summed E-state index contributed by atoms with van der Waals surface area (Å²) in [5.74, 6) is -0.356. The molecular weight excluding hydrogens is 505 g/mol. The highest BCUT2D eigenvalue weighted by Crippen LogP contribution is 2.49. The monoisotopic (exact) mass is 534 g/mol. The maximum Gasteiger partial charge on any atom is 0.407 e. The Morgan fingerprint density at radius 2 is 1.76 bits per heavy atom. The van der Waals surface area contributed by atoms with E-state index in [-0.39, 0.29) is 46.2 Å². The Labute approximate surface area is 213 Å². The Morgan fingerprint density at radius 1 is 1.14 bits per heavy atom. The molecule has 4 rings (SSSR count). The summed E-state index contributed by atoms with van der Waals surface area (Å²) in [5.41, 5.74) is -0.179. The zero-order chi connectivity index (χ0) is 27.2. The van der Waals surface area contributed by atoms with E-state index in [0.29, 0.717) is 30.0 Å². The average molecular weight is 535 g/mol. The third kappa shape index (κ3) is 5.99. The van der Waals surface area contributed by atoms with Crippen molar-refractivity contribution in [2.45, 2.75) is 69.1 Å². The van der Waals surface area contributed by atoms with Crippen LogP contribution in [0, 0.1) is 22.7 Å². The maximum atomic E-state index is 14.3. The fourth-order valence-electron chi connectivity index (χ4n) is 4.63. The van der Waals surface area contributed by atoms with Gasteiger partial charge in [0.05, 0.1) is 22.4 Å². The minimum absolute atomic E-state index is 0.0249. The van der Waals surface area contributed by atoms with Crippen LogP contribution < -0.4 is 5.32 Å². The average Bonchev–Trinajstić information content (AvgIpc) is 3.50. The van der Waals surface area contributed by atoms with Gasteiger partial charge < -0.3 is 4.42 Å². The molecule has 37 heavy (non-hydrogen) atoms. The predicted molar refractivity (Wildman–Crippen MR) is 134 cm³/mol. The van der Waals surface area contributed by atoms with E-state index in [1.807, 2.05) is 13.8 Å². The van der Waals surface area contributed by atoms with Crippen molar-refractivity contribution in [2.75, 3.05) is 6.26 Å². The van der Waals surface area contributed by atoms with Crippen LogP contribution in [0.3, 0.4) is 0 Å². The molecule has 2 aromatic carbocycles. The number of rotatable bonds is 10. The van der Waals surface area contributed by atoms with Crippen molar-refractivity contribution in [3.8, 4) is 6.07 Å². The number of benzene rings is 2. The molecule has 1 heterocycles. The molecule has 0 spiro atoms. The van der Waals surface area contributed by atoms with Gasteiger partial charge in [-0.1, -0.05) is 26.0 Å². The van der Waals surface area contributed by atoms with Crippen LogP contribution in [0.4, 0.5) is 13.2 Å². The first-order valence-electron chi connectivity index (χ1n) is 12.2. The summed E-state index contributed by atoms with van der Waals surface area (Å²) in [6, 6.07) is 7.59. The predicted octanol–water partition coefficient (Wildman–Crippen LogP) is 6.25. The van der Waals surface area contributed by atoms with Crippen LogP contribution in [0.25, 0.3) is 21.9 Å². The summed E-state index contributed by atoms with van der Waals surface area (Å²) in [7, 11) is -3.48. The van der Waals surface area contributed by atoms with Gasteiger partial charge in [0, 0.05) is 29.5 Å². The molecule has 198 valence electrons. The maximum absolute atomic E-state index is 14.3. The lowest BCUT2D eigenvalue weighted by atomic mass is 9.92. The number of nitrogens with one attached hydrogen (secondary N) is 1. The molecule has 3 aromatic rings. The third-order valence-corrected chi connectivity index (χ3v) is 8.07. The number of furan rings is 1. The van der Waals surface area contributed by atoms with Crippen molar-refractivity contribution >= 4 is 37.6 Å². The molecule has 1 aliphatic carbocycles. The van der Waals surface area contributed by atoms with Crippen LogP contribution >= 0.6 is 0 Å². The molecule has 1 N–H and O–H groups in total. The van der Waals surface area contributed by atoms with Gasteiger partial charge in [0.25, 0.3) is 0 Å². The van der Waals surface area contributed by atoms with Crippen molar-refractivity contribution < 1.29 is 30.8 Å². The molecule has 0 saturated heterocycles. The summed E-state index contributed by atoms with van der Waals surface area (Å²) in [5, 5.41) is 13.0. The summed E-state index contributed by atoms with van der Waals surface area (Å²) < 4.78 is 72.4. The Hall–Kier alpha value is -2.90. The zero-order valence-corrected chi connectivity index (χ0v) is 21.7. The molecule has 2 atom stereocenters. The van der Waals surface area contributed by atoms with Gasteiger partial charge in [-0.05, 0) is 55.4 Å². The number of carbonyl (C=O) groups is 1. The first kappa shape index (κ1) is 27.1. The molecule has 0 radical (unpaired) electrons. The Balaban J connectivity index is 1.66. The highest BCUT2D eigenvalue weighted by atomic mass is 32.2. The van der Waals surface area contributed by atoms with Gasteiger partial charge in [-0.2, -0.15) is 18.4 Å². The van der Waals surface area contributed by atoms with Crippen LogP contribution in [0.5, 0.6) is 0 Å². The first-order valence-corrected chi connectivity index (χ1v) is 14.0. The van der Waals surface area contributed by atoms with E-state index >= 15 is 0 Å². The highest BCUT2D eigenvalue weighted by molar-refractivity contribution is 7.90. The van der Waals surface area contributed by atoms with Crippen LogP contribution in [0.2, 0.25) is 0 Å². The lowest BCUT2D eigenvalue weighted by Gasteiger charge is -2.28. The third-order valence-electron chi connectivity index (χ3n) is 6.96. The van der Waals surface area contributed by atoms with Gasteiger partial charge in [-0.15, -0.1) is 0 Å². The summed E-state index contributed by atoms with van der Waals surface area (Å²) in [6.07, 6.45) is -1.56. The molecule has 1 aromatic heterocycles. The number of hydrogen-bond acceptors (Lipinski definition) is 6. The van der Waals surface area contributed by atoms with Gasteiger partial charge in [0.1, 0.15) is 23.0 Å². The molecule has 0 amide bonds. The Kier molecular flexibility index (Phi) is 7.16. The van der Waals surface area contributed by atoms with Crippen molar-refractivity contribution in [3.05, 3.63) is 42.0 Å². The van der Waals surface area contributed by atoms with Crippen molar-refractivity contribution in [1.29, 1.82) is 5.26 Å². The van der Waals surface area contributed by atoms with E-state index < -0.39 is 33.5 Å². The fraction of sp³-hybridized carbons (Fsp3) is 0.481. The van der Waals surface area contributed by atoms with E-state index in [0.717, 1.165) is 6.26 Å². The molecule has 0 aliphatic heterocycles. The number of nitriles is 1. The second-order valence-corrected chi connectivity index (χ2v) is 12.5. The zero-order valence-electron chi connectivity index (χ0n) is 20.9. The number of halogens is 3. The smallest absolute Gasteiger partial charge is 0.407 e. The number of nitrogens with zero attached hydrogens (tertiary/aromatic N) is 1. The number of sulfone groups is 1. The quantitative estimate of drug-likeness (QED) is 0.330. The fourth-order valence-corrected chi connectivity index (χ4v) is 5.27. The van der Waals surface area contributed by atoms with E-state index in [1.165, 1.54) is 30.3 Å². The van der Waals surface area contributed by atoms with E-state index in [4.69, 9.17) is 4.42 Å². The van der Waals surface area contributed by atoms with Gasteiger partial charge in [-0.25, -0.2) is 8.42 Å². The van der Waals surface area contributed by atoms with Crippen LogP contribution in [-0.2, 0) is 14.6 Å². The number of Topliss-reactive ketones (excluding diaryl/α,β-unsaturated/α-hetero) is 1. The summed E-state index contributed by atoms with van der Waals surface area (Å²) in [4.78, 5) is 13.0. The summed E-state index contributed by atoms with van der Waals surface area (Å²) >= 11 is 0. The molecule has 0 bridgehead atoms. The minimum Gasteiger partial charge on any atom is -0.456 e. The van der Waals surface area contributed by atoms with Crippen molar-refractivity contribution in [2.24, 2.45) is 11.3 Å². The standard InChI is InChI=1S/C27H29F3N2O4S/c1-16(2)12-21(22(33)8-9-26(15-31)10-11-26)32-25(27(28,29)30)17-4-6-19-20-7-5-18(37(3,34)35)14-24(20)36-23(19)13-17/h4-7,13-14,16,21,25,32H,8-12H2,1-3H3/t21-,25?/m0/s1. The molecule has 1 fully saturated rings. The lowest BCUT2D eigenvalue weighted by Crippen LogP contribution is -2.45. The van der Waals surface area contributed by atoms with Crippen LogP contribution in [0.15, 0.2) is 45.7 Å². The molecule has 1 saturated carbocycles. The summed E-state index contributed by atoms with van der Waals surface area (Å²) in [6.45, 7) is 3.68. The minimum atomic E-state index is -4.69. The number of fused-ring (bicyclic) bond motifs is 3. The SMILES string of the molecule is CC(C)C[C@H](NC(c1ccc2c(c1)oc1cc(S(C)(=O)=O)ccc12)C(F)(F)F)C(=O)CCC1(C#N)CC1. The van der Waals surface area contributed by atoms with E-state index in [9.17, 15) is 31.6 Å². The topological polar surface area (TPSA) is 100 Å². The van der Waals surface area contributed by atoms with Crippen molar-refractivity contribution in [1.82, 2.24) is 5.32 Å². The normalized spacial score (nSPS) is 17.1. The molecule has 6 nitrogen and oxygen atoms in total. The molecule has 1 unspecified atom stereocenters. The number of ketones is 1.